The first kappa shape index (κ1) is 11.6. The number of aryl methyl sites for hydroxylation is 1. The van der Waals surface area contributed by atoms with Crippen LogP contribution in [0.4, 0.5) is 5.82 Å². The van der Waals surface area contributed by atoms with Gasteiger partial charge >= 0.3 is 0 Å². The Morgan fingerprint density at radius 1 is 1.16 bits per heavy atom. The average Bonchev–Trinajstić information content (AvgIpc) is 2.54. The third kappa shape index (κ3) is 1.68. The Bertz CT molecular complexity index is 481. The first-order valence-corrected chi connectivity index (χ1v) is 7.63. The fraction of sp³-hybridized carbons (Fsp3) is 0.800. The molecule has 4 N–H and O–H groups in total. The zero-order chi connectivity index (χ0) is 13.2. The quantitative estimate of drug-likeness (QED) is 0.801. The van der Waals surface area contributed by atoms with Crippen molar-refractivity contribution in [3.8, 4) is 0 Å². The van der Waals surface area contributed by atoms with Crippen molar-refractivity contribution in [3.63, 3.8) is 0 Å². The average molecular weight is 260 g/mol. The molecule has 4 aliphatic rings. The lowest BCUT2D eigenvalue weighted by atomic mass is 9.48. The van der Waals surface area contributed by atoms with Crippen LogP contribution in [-0.2, 0) is 6.42 Å². The number of imidazole rings is 1. The Hall–Kier alpha value is -1.19. The molecule has 5 rings (SSSR count). The second-order valence-corrected chi connectivity index (χ2v) is 7.46. The van der Waals surface area contributed by atoms with Crippen molar-refractivity contribution in [3.05, 3.63) is 11.5 Å². The minimum atomic E-state index is 0.490. The summed E-state index contributed by atoms with van der Waals surface area (Å²) in [6, 6.07) is 0. The van der Waals surface area contributed by atoms with Crippen molar-refractivity contribution in [1.29, 1.82) is 0 Å². The molecular weight excluding hydrogens is 236 g/mol. The molecular formula is C15H24N4. The highest BCUT2D eigenvalue weighted by Crippen LogP contribution is 2.61. The second kappa shape index (κ2) is 3.68. The Labute approximate surface area is 114 Å². The van der Waals surface area contributed by atoms with Gasteiger partial charge in [0.25, 0.3) is 0 Å². The molecule has 0 atom stereocenters. The van der Waals surface area contributed by atoms with Crippen LogP contribution >= 0.6 is 0 Å². The molecule has 4 fully saturated rings. The standard InChI is InChI=1S/C15H24N4/c1-9-18-13(14(16)19(9)17)8-15-5-10-2-11(6-15)4-12(3-10)7-15/h10-12H,2-8,16-17H2,1H3. The van der Waals surface area contributed by atoms with Gasteiger partial charge in [-0.1, -0.05) is 0 Å². The Morgan fingerprint density at radius 3 is 2.11 bits per heavy atom. The van der Waals surface area contributed by atoms with Crippen molar-refractivity contribution in [2.45, 2.75) is 51.9 Å². The van der Waals surface area contributed by atoms with E-state index in [1.165, 1.54) is 43.2 Å². The van der Waals surface area contributed by atoms with Crippen molar-refractivity contribution >= 4 is 5.82 Å². The number of nitrogens with two attached hydrogens (primary N) is 2. The van der Waals surface area contributed by atoms with Gasteiger partial charge in [0.05, 0.1) is 5.69 Å². The van der Waals surface area contributed by atoms with E-state index in [1.54, 1.807) is 0 Å². The molecule has 4 aliphatic carbocycles. The summed E-state index contributed by atoms with van der Waals surface area (Å²) in [5.41, 5.74) is 7.64. The van der Waals surface area contributed by atoms with Crippen LogP contribution < -0.4 is 11.6 Å². The van der Waals surface area contributed by atoms with E-state index in [4.69, 9.17) is 11.6 Å². The predicted molar refractivity (Wildman–Crippen MR) is 75.8 cm³/mol. The van der Waals surface area contributed by atoms with E-state index in [9.17, 15) is 0 Å². The van der Waals surface area contributed by atoms with Crippen LogP contribution in [0.2, 0.25) is 0 Å². The minimum absolute atomic E-state index is 0.490. The molecule has 0 radical (unpaired) electrons. The molecule has 4 saturated carbocycles. The number of nitrogen functional groups attached to an aromatic ring is 2. The highest BCUT2D eigenvalue weighted by atomic mass is 15.4. The molecule has 4 heteroatoms. The summed E-state index contributed by atoms with van der Waals surface area (Å²) in [4.78, 5) is 4.60. The number of anilines is 1. The monoisotopic (exact) mass is 260 g/mol. The highest BCUT2D eigenvalue weighted by molar-refractivity contribution is 5.39. The third-order valence-electron chi connectivity index (χ3n) is 5.91. The number of hydrogen-bond donors (Lipinski definition) is 2. The van der Waals surface area contributed by atoms with Crippen molar-refractivity contribution < 1.29 is 0 Å². The van der Waals surface area contributed by atoms with E-state index in [1.807, 2.05) is 6.92 Å². The van der Waals surface area contributed by atoms with Crippen LogP contribution in [-0.4, -0.2) is 9.66 Å². The van der Waals surface area contributed by atoms with Crippen molar-refractivity contribution in [1.82, 2.24) is 9.66 Å². The lowest BCUT2D eigenvalue weighted by Crippen LogP contribution is -2.47. The molecule has 4 bridgehead atoms. The Kier molecular flexibility index (Phi) is 2.25. The first-order chi connectivity index (χ1) is 9.05. The molecule has 4 nitrogen and oxygen atoms in total. The number of hydrogen-bond acceptors (Lipinski definition) is 3. The van der Waals surface area contributed by atoms with Crippen LogP contribution in [0, 0.1) is 30.1 Å². The maximum atomic E-state index is 6.11. The van der Waals surface area contributed by atoms with Gasteiger partial charge in [0.1, 0.15) is 11.6 Å². The second-order valence-electron chi connectivity index (χ2n) is 7.46. The molecule has 0 unspecified atom stereocenters. The van der Waals surface area contributed by atoms with Gasteiger partial charge in [-0.05, 0) is 75.0 Å². The molecule has 0 aliphatic heterocycles. The van der Waals surface area contributed by atoms with Gasteiger partial charge in [0.15, 0.2) is 0 Å². The van der Waals surface area contributed by atoms with Crippen LogP contribution in [0.5, 0.6) is 0 Å². The largest absolute Gasteiger partial charge is 0.382 e. The third-order valence-corrected chi connectivity index (χ3v) is 5.91. The summed E-state index contributed by atoms with van der Waals surface area (Å²) in [5.74, 6) is 10.3. The van der Waals surface area contributed by atoms with E-state index in [0.717, 1.165) is 35.7 Å². The lowest BCUT2D eigenvalue weighted by Gasteiger charge is -2.56. The van der Waals surface area contributed by atoms with Gasteiger partial charge in [-0.3, -0.25) is 0 Å². The van der Waals surface area contributed by atoms with Crippen molar-refractivity contribution in [2.75, 3.05) is 11.6 Å². The van der Waals surface area contributed by atoms with Crippen LogP contribution in [0.3, 0.4) is 0 Å². The van der Waals surface area contributed by atoms with Gasteiger partial charge in [-0.25, -0.2) is 9.66 Å². The number of nitrogens with zero attached hydrogens (tertiary/aromatic N) is 2. The highest BCUT2D eigenvalue weighted by Gasteiger charge is 2.51. The predicted octanol–water partition coefficient (Wildman–Crippen LogP) is 2.25. The molecule has 0 saturated heterocycles. The van der Waals surface area contributed by atoms with Gasteiger partial charge in [0, 0.05) is 0 Å². The van der Waals surface area contributed by atoms with Crippen LogP contribution in [0.1, 0.15) is 50.0 Å². The molecule has 1 aromatic heterocycles. The fourth-order valence-corrected chi connectivity index (χ4v) is 5.61. The summed E-state index contributed by atoms with van der Waals surface area (Å²) >= 11 is 0. The van der Waals surface area contributed by atoms with Gasteiger partial charge < -0.3 is 11.6 Å². The number of aromatic nitrogens is 2. The fourth-order valence-electron chi connectivity index (χ4n) is 5.61. The van der Waals surface area contributed by atoms with E-state index in [2.05, 4.69) is 4.98 Å². The van der Waals surface area contributed by atoms with Crippen LogP contribution in [0.25, 0.3) is 0 Å². The smallest absolute Gasteiger partial charge is 0.145 e. The van der Waals surface area contributed by atoms with Gasteiger partial charge in [-0.2, -0.15) is 0 Å². The molecule has 0 aromatic carbocycles. The summed E-state index contributed by atoms with van der Waals surface area (Å²) in [6.07, 6.45) is 9.70. The number of rotatable bonds is 2. The summed E-state index contributed by atoms with van der Waals surface area (Å²) in [7, 11) is 0. The van der Waals surface area contributed by atoms with E-state index in [0.29, 0.717) is 11.2 Å². The molecule has 0 spiro atoms. The lowest BCUT2D eigenvalue weighted by molar-refractivity contribution is -0.0525. The molecule has 0 amide bonds. The molecule has 104 valence electrons. The van der Waals surface area contributed by atoms with Crippen LogP contribution in [0.15, 0.2) is 0 Å². The SMILES string of the molecule is Cc1nc(CC23CC4CC(CC(C4)C2)C3)c(N)n1N. The van der Waals surface area contributed by atoms with Gasteiger partial charge in [0.2, 0.25) is 0 Å². The maximum Gasteiger partial charge on any atom is 0.145 e. The van der Waals surface area contributed by atoms with E-state index < -0.39 is 0 Å². The van der Waals surface area contributed by atoms with Gasteiger partial charge in [-0.15, -0.1) is 0 Å². The normalized spacial score (nSPS) is 39.9. The summed E-state index contributed by atoms with van der Waals surface area (Å²) < 4.78 is 1.54. The molecule has 1 aromatic rings. The maximum absolute atomic E-state index is 6.11. The summed E-state index contributed by atoms with van der Waals surface area (Å²) in [6.45, 7) is 1.93. The first-order valence-electron chi connectivity index (χ1n) is 7.63. The molecule has 19 heavy (non-hydrogen) atoms. The Balaban J connectivity index is 1.64. The minimum Gasteiger partial charge on any atom is -0.382 e. The van der Waals surface area contributed by atoms with E-state index >= 15 is 0 Å². The van der Waals surface area contributed by atoms with Crippen molar-refractivity contribution in [2.24, 2.45) is 23.2 Å². The zero-order valence-electron chi connectivity index (χ0n) is 11.7. The Morgan fingerprint density at radius 2 is 1.68 bits per heavy atom. The topological polar surface area (TPSA) is 69.9 Å². The zero-order valence-corrected chi connectivity index (χ0v) is 11.7. The van der Waals surface area contributed by atoms with E-state index in [-0.39, 0.29) is 0 Å². The molecule has 1 heterocycles. The summed E-state index contributed by atoms with van der Waals surface area (Å²) in [5, 5.41) is 0.